The van der Waals surface area contributed by atoms with Gasteiger partial charge in [-0.1, -0.05) is 73.1 Å². The van der Waals surface area contributed by atoms with Crippen LogP contribution < -0.4 is 0 Å². The van der Waals surface area contributed by atoms with E-state index in [1.54, 1.807) is 0 Å². The minimum atomic E-state index is -0.0530. The zero-order chi connectivity index (χ0) is 24.8. The van der Waals surface area contributed by atoms with Gasteiger partial charge in [0.1, 0.15) is 12.3 Å². The van der Waals surface area contributed by atoms with Gasteiger partial charge in [0.25, 0.3) is 0 Å². The molecule has 0 unspecified atom stereocenters. The molecule has 7 heteroatoms. The highest BCUT2D eigenvalue weighted by molar-refractivity contribution is 9.10. The lowest BCUT2D eigenvalue weighted by atomic mass is 9.86. The third-order valence-corrected chi connectivity index (χ3v) is 6.99. The maximum absolute atomic E-state index is 12.5. The van der Waals surface area contributed by atoms with E-state index in [1.165, 1.54) is 16.9 Å². The van der Waals surface area contributed by atoms with Gasteiger partial charge >= 0.3 is 6.15 Å². The number of aliphatic imine (C=N–C) groups is 1. The summed E-state index contributed by atoms with van der Waals surface area (Å²) in [5, 5.41) is 12.7. The van der Waals surface area contributed by atoms with Gasteiger partial charge in [0.2, 0.25) is 0 Å². The van der Waals surface area contributed by atoms with Crippen molar-refractivity contribution >= 4 is 44.9 Å². The van der Waals surface area contributed by atoms with Gasteiger partial charge in [-0.2, -0.15) is 9.59 Å². The summed E-state index contributed by atoms with van der Waals surface area (Å²) in [5.74, 6) is 0.165. The van der Waals surface area contributed by atoms with Crippen LogP contribution in [0.1, 0.15) is 54.7 Å². The van der Waals surface area contributed by atoms with Gasteiger partial charge < -0.3 is 5.11 Å². The number of carbonyl (C=O) groups is 1. The molecule has 172 valence electrons. The lowest BCUT2D eigenvalue weighted by molar-refractivity contribution is -0.191. The van der Waals surface area contributed by atoms with E-state index in [0.717, 1.165) is 20.5 Å². The Hall–Kier alpha value is -2.86. The molecule has 1 N–H and O–H groups in total. The molecule has 3 rings (SSSR count). The van der Waals surface area contributed by atoms with Crippen LogP contribution in [-0.2, 0) is 15.0 Å². The predicted molar refractivity (Wildman–Crippen MR) is 135 cm³/mol. The maximum Gasteiger partial charge on any atom is 0.373 e. The Morgan fingerprint density at radius 2 is 1.73 bits per heavy atom. The van der Waals surface area contributed by atoms with Crippen molar-refractivity contribution in [1.82, 2.24) is 0 Å². The second-order valence-corrected chi connectivity index (χ2v) is 10.3. The third kappa shape index (κ3) is 6.81. The second-order valence-electron chi connectivity index (χ2n) is 8.53. The number of hydrogen-bond acceptors (Lipinski definition) is 6. The van der Waals surface area contributed by atoms with Gasteiger partial charge in [-0.3, -0.25) is 9.79 Å². The molecule has 3 aromatic rings. The van der Waals surface area contributed by atoms with Crippen molar-refractivity contribution in [3.8, 4) is 16.2 Å². The lowest BCUT2D eigenvalue weighted by Crippen LogP contribution is -2.10. The standard InChI is InChI=1S/C25H26BrNO2S.CO2/c1-15-6-7-18(12-21(15)26)22(28)13-27-16(2)20-14-30-24(23(20)29)17-8-10-19(11-9-17)25(3,4)5;2-1-3/h6-12,14,29H,13H2,1-5H3;. The summed E-state index contributed by atoms with van der Waals surface area (Å²) >= 11 is 4.94. The number of ketones is 1. The molecule has 0 aliphatic carbocycles. The molecule has 0 amide bonds. The minimum absolute atomic E-state index is 0.0479. The van der Waals surface area contributed by atoms with E-state index in [4.69, 9.17) is 9.59 Å². The van der Waals surface area contributed by atoms with Gasteiger partial charge in [0, 0.05) is 26.7 Å². The molecular weight excluding hydrogens is 502 g/mol. The summed E-state index contributed by atoms with van der Waals surface area (Å²) in [6.45, 7) is 10.4. The van der Waals surface area contributed by atoms with Crippen LogP contribution in [0.5, 0.6) is 5.75 Å². The Morgan fingerprint density at radius 3 is 2.27 bits per heavy atom. The number of aromatic hydroxyl groups is 1. The van der Waals surface area contributed by atoms with Crippen LogP contribution in [0.2, 0.25) is 0 Å². The lowest BCUT2D eigenvalue weighted by Gasteiger charge is -2.19. The highest BCUT2D eigenvalue weighted by Crippen LogP contribution is 2.39. The smallest absolute Gasteiger partial charge is 0.373 e. The first kappa shape index (κ1) is 26.4. The molecule has 0 saturated heterocycles. The van der Waals surface area contributed by atoms with Crippen molar-refractivity contribution in [1.29, 1.82) is 0 Å². The number of aryl methyl sites for hydroxylation is 1. The van der Waals surface area contributed by atoms with Crippen LogP contribution in [0.3, 0.4) is 0 Å². The fourth-order valence-corrected chi connectivity index (χ4v) is 4.46. The molecule has 0 saturated carbocycles. The predicted octanol–water partition coefficient (Wildman–Crippen LogP) is 6.60. The molecule has 0 fully saturated rings. The van der Waals surface area contributed by atoms with Crippen LogP contribution in [0, 0.1) is 6.92 Å². The number of nitrogens with zero attached hydrogens (tertiary/aromatic N) is 1. The number of Topliss-reactive ketones (excluding diaryl/α,β-unsaturated/α-hetero) is 1. The highest BCUT2D eigenvalue weighted by Gasteiger charge is 2.17. The molecule has 1 aromatic heterocycles. The van der Waals surface area contributed by atoms with E-state index in [0.29, 0.717) is 16.8 Å². The number of thiophene rings is 1. The summed E-state index contributed by atoms with van der Waals surface area (Å²) in [4.78, 5) is 34.0. The molecule has 5 nitrogen and oxygen atoms in total. The van der Waals surface area contributed by atoms with Crippen molar-refractivity contribution < 1.29 is 19.5 Å². The second kappa shape index (κ2) is 11.3. The van der Waals surface area contributed by atoms with Crippen LogP contribution >= 0.6 is 27.3 Å². The number of halogens is 1. The Balaban J connectivity index is 0.00000122. The molecule has 0 bridgehead atoms. The van der Waals surface area contributed by atoms with Crippen molar-refractivity contribution in [2.45, 2.75) is 40.0 Å². The first-order valence-electron chi connectivity index (χ1n) is 10.2. The molecule has 33 heavy (non-hydrogen) atoms. The molecular formula is C26H26BrNO4S. The Bertz CT molecular complexity index is 1200. The van der Waals surface area contributed by atoms with Gasteiger partial charge in [-0.15, -0.1) is 11.3 Å². The van der Waals surface area contributed by atoms with Crippen LogP contribution in [0.15, 0.2) is 57.3 Å². The Labute approximate surface area is 206 Å². The molecule has 0 spiro atoms. The summed E-state index contributed by atoms with van der Waals surface area (Å²) in [7, 11) is 0. The molecule has 2 aromatic carbocycles. The van der Waals surface area contributed by atoms with Crippen molar-refractivity contribution in [2.75, 3.05) is 6.54 Å². The first-order chi connectivity index (χ1) is 15.5. The van der Waals surface area contributed by atoms with E-state index >= 15 is 0 Å². The maximum atomic E-state index is 12.5. The molecule has 0 aliphatic heterocycles. The van der Waals surface area contributed by atoms with Crippen molar-refractivity contribution in [3.63, 3.8) is 0 Å². The molecule has 0 atom stereocenters. The zero-order valence-electron chi connectivity index (χ0n) is 19.2. The van der Waals surface area contributed by atoms with E-state index in [2.05, 4.69) is 53.8 Å². The summed E-state index contributed by atoms with van der Waals surface area (Å²) in [6.07, 6.45) is 0.250. The molecule has 0 aliphatic rings. The topological polar surface area (TPSA) is 83.8 Å². The molecule has 0 radical (unpaired) electrons. The number of carbonyl (C=O) groups excluding carboxylic acids is 3. The number of benzene rings is 2. The average molecular weight is 528 g/mol. The monoisotopic (exact) mass is 527 g/mol. The van der Waals surface area contributed by atoms with Gasteiger partial charge in [-0.05, 0) is 42.0 Å². The van der Waals surface area contributed by atoms with E-state index in [1.807, 2.05) is 49.6 Å². The Kier molecular flexibility index (Phi) is 9.06. The quantitative estimate of drug-likeness (QED) is 0.299. The SMILES string of the molecule is CC(=NCC(=O)c1ccc(C)c(Br)c1)c1csc(-c2ccc(C(C)(C)C)cc2)c1O.O=C=O. The number of hydrogen-bond donors (Lipinski definition) is 1. The van der Waals surface area contributed by atoms with E-state index in [9.17, 15) is 9.90 Å². The highest BCUT2D eigenvalue weighted by atomic mass is 79.9. The fraction of sp³-hybridized carbons (Fsp3) is 0.269. The summed E-state index contributed by atoms with van der Waals surface area (Å²) in [6, 6.07) is 13.8. The van der Waals surface area contributed by atoms with Gasteiger partial charge in [0.15, 0.2) is 5.78 Å². The largest absolute Gasteiger partial charge is 0.506 e. The summed E-state index contributed by atoms with van der Waals surface area (Å²) in [5.41, 5.74) is 5.35. The van der Waals surface area contributed by atoms with Crippen molar-refractivity contribution in [3.05, 3.63) is 74.6 Å². The van der Waals surface area contributed by atoms with Crippen molar-refractivity contribution in [2.24, 2.45) is 4.99 Å². The minimum Gasteiger partial charge on any atom is -0.506 e. The normalized spacial score (nSPS) is 11.4. The van der Waals surface area contributed by atoms with E-state index in [-0.39, 0.29) is 29.6 Å². The van der Waals surface area contributed by atoms with Gasteiger partial charge in [0.05, 0.1) is 4.88 Å². The van der Waals surface area contributed by atoms with Crippen LogP contribution in [0.25, 0.3) is 10.4 Å². The van der Waals surface area contributed by atoms with E-state index < -0.39 is 0 Å². The number of rotatable bonds is 5. The zero-order valence-corrected chi connectivity index (χ0v) is 21.6. The summed E-state index contributed by atoms with van der Waals surface area (Å²) < 4.78 is 0.909. The average Bonchev–Trinajstić information content (AvgIpc) is 3.15. The molecule has 1 heterocycles. The Morgan fingerprint density at radius 1 is 1.12 bits per heavy atom. The third-order valence-electron chi connectivity index (χ3n) is 5.12. The van der Waals surface area contributed by atoms with Gasteiger partial charge in [-0.25, -0.2) is 0 Å². The fourth-order valence-electron chi connectivity index (χ4n) is 3.07. The van der Waals surface area contributed by atoms with Crippen LogP contribution in [0.4, 0.5) is 0 Å². The van der Waals surface area contributed by atoms with Crippen LogP contribution in [-0.4, -0.2) is 29.3 Å². The first-order valence-corrected chi connectivity index (χ1v) is 11.9.